The molecule has 2 aromatic carbocycles. The molecule has 3 aromatic rings. The molecule has 0 amide bonds. The minimum Gasteiger partial charge on any atom is -0.497 e. The number of nitrogens with one attached hydrogen (secondary N) is 1. The van der Waals surface area contributed by atoms with Gasteiger partial charge in [-0.15, -0.1) is 0 Å². The van der Waals surface area contributed by atoms with Gasteiger partial charge in [0, 0.05) is 6.54 Å². The van der Waals surface area contributed by atoms with Crippen molar-refractivity contribution < 1.29 is 19.0 Å². The number of hydroxylamine groups is 1. The molecule has 1 aromatic heterocycles. The Balaban J connectivity index is 1.60. The van der Waals surface area contributed by atoms with Gasteiger partial charge in [-0.05, 0) is 67.5 Å². The van der Waals surface area contributed by atoms with E-state index in [0.717, 1.165) is 25.3 Å². The minimum absolute atomic E-state index is 0.0329. The Morgan fingerprint density at radius 3 is 2.71 bits per heavy atom. The van der Waals surface area contributed by atoms with Crippen LogP contribution in [-0.2, 0) is 13.0 Å². The molecular formula is C21H23ClFN5O3. The van der Waals surface area contributed by atoms with Crippen molar-refractivity contribution in [3.8, 4) is 5.75 Å². The number of hydrogen-bond donors (Lipinski definition) is 2. The summed E-state index contributed by atoms with van der Waals surface area (Å²) < 4.78 is 23.4. The molecule has 0 saturated heterocycles. The van der Waals surface area contributed by atoms with Crippen molar-refractivity contribution >= 4 is 23.1 Å². The second-order valence-electron chi connectivity index (χ2n) is 6.92. The summed E-state index contributed by atoms with van der Waals surface area (Å²) in [5.74, 6) is 0.308. The summed E-state index contributed by atoms with van der Waals surface area (Å²) in [6.45, 7) is 1.61. The summed E-state index contributed by atoms with van der Waals surface area (Å²) in [4.78, 5) is 6.41. The fourth-order valence-corrected chi connectivity index (χ4v) is 3.18. The largest absolute Gasteiger partial charge is 0.497 e. The van der Waals surface area contributed by atoms with Gasteiger partial charge in [0.1, 0.15) is 17.3 Å². The van der Waals surface area contributed by atoms with E-state index in [0.29, 0.717) is 17.8 Å². The zero-order valence-electron chi connectivity index (χ0n) is 17.2. The number of amidine groups is 1. The zero-order valence-corrected chi connectivity index (χ0v) is 17.9. The van der Waals surface area contributed by atoms with Crippen LogP contribution in [0.25, 0.3) is 0 Å². The van der Waals surface area contributed by atoms with Crippen molar-refractivity contribution in [3.63, 3.8) is 0 Å². The molecule has 0 aliphatic heterocycles. The first-order valence-corrected chi connectivity index (χ1v) is 9.95. The molecule has 0 spiro atoms. The summed E-state index contributed by atoms with van der Waals surface area (Å²) in [5.41, 5.74) is 4.35. The van der Waals surface area contributed by atoms with E-state index in [1.54, 1.807) is 7.11 Å². The lowest BCUT2D eigenvalue weighted by Gasteiger charge is -2.16. The Bertz CT molecular complexity index is 1030. The molecule has 164 valence electrons. The SMILES string of the molecule is COc1ccc(CN(C)CCCc2nonc2C(=Nc2ccc(F)c(Cl)c2)NO)cc1. The molecule has 0 saturated carbocycles. The van der Waals surface area contributed by atoms with E-state index in [1.807, 2.05) is 36.8 Å². The van der Waals surface area contributed by atoms with Gasteiger partial charge < -0.3 is 9.64 Å². The van der Waals surface area contributed by atoms with Crippen LogP contribution >= 0.6 is 11.6 Å². The lowest BCUT2D eigenvalue weighted by Crippen LogP contribution is -2.23. The van der Waals surface area contributed by atoms with E-state index in [2.05, 4.69) is 20.2 Å². The second kappa shape index (κ2) is 10.9. The highest BCUT2D eigenvalue weighted by molar-refractivity contribution is 6.31. The quantitative estimate of drug-likeness (QED) is 0.291. The van der Waals surface area contributed by atoms with Gasteiger partial charge in [-0.3, -0.25) is 10.7 Å². The highest BCUT2D eigenvalue weighted by Gasteiger charge is 2.17. The van der Waals surface area contributed by atoms with Crippen molar-refractivity contribution in [1.82, 2.24) is 20.7 Å². The number of benzene rings is 2. The van der Waals surface area contributed by atoms with Crippen molar-refractivity contribution in [3.05, 3.63) is 70.3 Å². The Labute approximate surface area is 184 Å². The lowest BCUT2D eigenvalue weighted by molar-refractivity contribution is 0.234. The Kier molecular flexibility index (Phi) is 7.94. The smallest absolute Gasteiger partial charge is 0.181 e. The minimum atomic E-state index is -0.554. The third-order valence-electron chi connectivity index (χ3n) is 4.60. The van der Waals surface area contributed by atoms with E-state index < -0.39 is 5.82 Å². The van der Waals surface area contributed by atoms with Crippen LogP contribution in [0.15, 0.2) is 52.1 Å². The van der Waals surface area contributed by atoms with Crippen LogP contribution in [0.2, 0.25) is 5.02 Å². The fourth-order valence-electron chi connectivity index (χ4n) is 3.00. The molecule has 0 radical (unpaired) electrons. The molecule has 3 rings (SSSR count). The predicted octanol–water partition coefficient (Wildman–Crippen LogP) is 3.99. The van der Waals surface area contributed by atoms with Crippen molar-refractivity contribution in [2.24, 2.45) is 4.99 Å². The zero-order chi connectivity index (χ0) is 22.2. The number of methoxy groups -OCH3 is 1. The Morgan fingerprint density at radius 2 is 2.03 bits per heavy atom. The maximum absolute atomic E-state index is 13.3. The van der Waals surface area contributed by atoms with Gasteiger partial charge in [-0.25, -0.2) is 14.0 Å². The van der Waals surface area contributed by atoms with Crippen molar-refractivity contribution in [1.29, 1.82) is 0 Å². The normalized spacial score (nSPS) is 11.7. The predicted molar refractivity (Wildman–Crippen MR) is 114 cm³/mol. The molecule has 0 fully saturated rings. The van der Waals surface area contributed by atoms with E-state index in [1.165, 1.54) is 23.8 Å². The summed E-state index contributed by atoms with van der Waals surface area (Å²) in [6, 6.07) is 11.9. The average Bonchev–Trinajstić information content (AvgIpc) is 3.23. The van der Waals surface area contributed by atoms with Gasteiger partial charge in [0.15, 0.2) is 11.5 Å². The van der Waals surface area contributed by atoms with Gasteiger partial charge in [0.25, 0.3) is 0 Å². The highest BCUT2D eigenvalue weighted by atomic mass is 35.5. The van der Waals surface area contributed by atoms with Crippen LogP contribution in [0.4, 0.5) is 10.1 Å². The number of halogens is 2. The van der Waals surface area contributed by atoms with E-state index >= 15 is 0 Å². The number of ether oxygens (including phenoxy) is 1. The van der Waals surface area contributed by atoms with Crippen LogP contribution in [-0.4, -0.2) is 47.0 Å². The summed E-state index contributed by atoms with van der Waals surface area (Å²) >= 11 is 5.78. The molecule has 8 nitrogen and oxygen atoms in total. The van der Waals surface area contributed by atoms with Crippen LogP contribution < -0.4 is 10.2 Å². The first-order valence-electron chi connectivity index (χ1n) is 9.57. The van der Waals surface area contributed by atoms with Gasteiger partial charge >= 0.3 is 0 Å². The van der Waals surface area contributed by atoms with E-state index in [4.69, 9.17) is 21.0 Å². The maximum Gasteiger partial charge on any atom is 0.181 e. The summed E-state index contributed by atoms with van der Waals surface area (Å²) in [7, 11) is 3.68. The number of aliphatic imine (C=N–C) groups is 1. The van der Waals surface area contributed by atoms with E-state index in [-0.39, 0.29) is 16.6 Å². The number of rotatable bonds is 9. The monoisotopic (exact) mass is 447 g/mol. The average molecular weight is 448 g/mol. The topological polar surface area (TPSA) is 96.0 Å². The number of aromatic nitrogens is 2. The summed E-state index contributed by atoms with van der Waals surface area (Å²) in [6.07, 6.45) is 1.35. The lowest BCUT2D eigenvalue weighted by atomic mass is 10.1. The van der Waals surface area contributed by atoms with Gasteiger partial charge in [-0.1, -0.05) is 28.9 Å². The third kappa shape index (κ3) is 6.24. The van der Waals surface area contributed by atoms with Gasteiger partial charge in [0.05, 0.1) is 17.8 Å². The highest BCUT2D eigenvalue weighted by Crippen LogP contribution is 2.22. The maximum atomic E-state index is 13.3. The molecule has 31 heavy (non-hydrogen) atoms. The number of aryl methyl sites for hydroxylation is 1. The second-order valence-corrected chi connectivity index (χ2v) is 7.33. The van der Waals surface area contributed by atoms with Crippen LogP contribution in [0.1, 0.15) is 23.4 Å². The molecule has 1 heterocycles. The number of nitrogens with zero attached hydrogens (tertiary/aromatic N) is 4. The van der Waals surface area contributed by atoms with Gasteiger partial charge in [0.2, 0.25) is 0 Å². The standard InChI is InChI=1S/C21H23ClFN5O3/c1-28(13-14-5-8-16(30-2)9-6-14)11-3-4-19-20(27-31-26-19)21(25-29)24-15-7-10-18(23)17(22)12-15/h5-10,12,29H,3-4,11,13H2,1-2H3,(H,24,25). The van der Waals surface area contributed by atoms with Crippen molar-refractivity contribution in [2.75, 3.05) is 20.7 Å². The molecule has 0 bridgehead atoms. The first-order chi connectivity index (χ1) is 15.0. The fraction of sp³-hybridized carbons (Fsp3) is 0.286. The van der Waals surface area contributed by atoms with Crippen molar-refractivity contribution in [2.45, 2.75) is 19.4 Å². The van der Waals surface area contributed by atoms with Crippen LogP contribution in [0, 0.1) is 5.82 Å². The summed E-state index contributed by atoms with van der Waals surface area (Å²) in [5, 5.41) is 17.2. The molecule has 0 aliphatic carbocycles. The first kappa shape index (κ1) is 22.7. The third-order valence-corrected chi connectivity index (χ3v) is 4.89. The Hall–Kier alpha value is -3.01. The molecule has 10 heteroatoms. The molecular weight excluding hydrogens is 425 g/mol. The van der Waals surface area contributed by atoms with Gasteiger partial charge in [-0.2, -0.15) is 0 Å². The van der Waals surface area contributed by atoms with E-state index in [9.17, 15) is 9.60 Å². The Morgan fingerprint density at radius 1 is 1.26 bits per heavy atom. The molecule has 0 atom stereocenters. The number of hydrogen-bond acceptors (Lipinski definition) is 7. The van der Waals surface area contributed by atoms with Crippen LogP contribution in [0.3, 0.4) is 0 Å². The molecule has 0 aliphatic rings. The molecule has 2 N–H and O–H groups in total. The van der Waals surface area contributed by atoms with Crippen LogP contribution in [0.5, 0.6) is 5.75 Å². The molecule has 0 unspecified atom stereocenters.